The molecule has 124 valence electrons. The molecule has 0 aliphatic carbocycles. The Morgan fingerprint density at radius 2 is 2.00 bits per heavy atom. The molecule has 0 aliphatic heterocycles. The average molecular weight is 318 g/mol. The van der Waals surface area contributed by atoms with Crippen molar-refractivity contribution in [2.75, 3.05) is 11.9 Å². The molecule has 0 aliphatic rings. The van der Waals surface area contributed by atoms with Gasteiger partial charge in [0.15, 0.2) is 0 Å². The van der Waals surface area contributed by atoms with Crippen molar-refractivity contribution in [1.82, 2.24) is 5.32 Å². The maximum Gasteiger partial charge on any atom is 0.389 e. The van der Waals surface area contributed by atoms with Crippen LogP contribution in [0.25, 0.3) is 0 Å². The van der Waals surface area contributed by atoms with E-state index in [0.29, 0.717) is 24.1 Å². The number of rotatable bonds is 7. The summed E-state index contributed by atoms with van der Waals surface area (Å²) in [6.45, 7) is 1.83. The summed E-state index contributed by atoms with van der Waals surface area (Å²) in [4.78, 5) is 11.9. The van der Waals surface area contributed by atoms with Crippen molar-refractivity contribution >= 4 is 11.7 Å². The zero-order valence-corrected chi connectivity index (χ0v) is 12.4. The highest BCUT2D eigenvalue weighted by atomic mass is 19.4. The number of benzene rings is 1. The summed E-state index contributed by atoms with van der Waals surface area (Å²) >= 11 is 0. The zero-order valence-electron chi connectivity index (χ0n) is 12.4. The summed E-state index contributed by atoms with van der Waals surface area (Å²) in [7, 11) is 0. The van der Waals surface area contributed by atoms with Gasteiger partial charge in [0.2, 0.25) is 0 Å². The average Bonchev–Trinajstić information content (AvgIpc) is 2.45. The minimum atomic E-state index is -4.23. The van der Waals surface area contributed by atoms with E-state index >= 15 is 0 Å². The summed E-state index contributed by atoms with van der Waals surface area (Å²) in [5.41, 5.74) is 0.799. The highest BCUT2D eigenvalue weighted by molar-refractivity contribution is 5.90. The fraction of sp³-hybridized carbons (Fsp3) is 0.533. The molecule has 1 unspecified atom stereocenters. The minimum Gasteiger partial charge on any atom is -0.396 e. The number of para-hydroxylation sites is 1. The Morgan fingerprint density at radius 3 is 2.59 bits per heavy atom. The van der Waals surface area contributed by atoms with Gasteiger partial charge in [-0.2, -0.15) is 13.2 Å². The molecule has 1 atom stereocenters. The molecule has 0 heterocycles. The van der Waals surface area contributed by atoms with E-state index < -0.39 is 18.6 Å². The van der Waals surface area contributed by atoms with E-state index in [1.165, 1.54) is 0 Å². The second kappa shape index (κ2) is 8.63. The number of hydrogen-bond acceptors (Lipinski definition) is 2. The number of aliphatic hydroxyl groups is 1. The summed E-state index contributed by atoms with van der Waals surface area (Å²) in [5.74, 6) is 0. The van der Waals surface area contributed by atoms with Gasteiger partial charge in [0, 0.05) is 24.8 Å². The van der Waals surface area contributed by atoms with E-state index in [2.05, 4.69) is 10.6 Å². The second-order valence-corrected chi connectivity index (χ2v) is 4.99. The van der Waals surface area contributed by atoms with Crippen LogP contribution < -0.4 is 10.6 Å². The van der Waals surface area contributed by atoms with Gasteiger partial charge in [0.25, 0.3) is 0 Å². The predicted octanol–water partition coefficient (Wildman–Crippen LogP) is 3.46. The van der Waals surface area contributed by atoms with E-state index in [-0.39, 0.29) is 19.1 Å². The van der Waals surface area contributed by atoms with Crippen LogP contribution in [0.5, 0.6) is 0 Å². The van der Waals surface area contributed by atoms with Gasteiger partial charge < -0.3 is 15.7 Å². The van der Waals surface area contributed by atoms with Crippen molar-refractivity contribution in [2.45, 2.75) is 44.8 Å². The number of halogens is 3. The van der Waals surface area contributed by atoms with Crippen LogP contribution in [0.2, 0.25) is 0 Å². The van der Waals surface area contributed by atoms with E-state index in [9.17, 15) is 18.0 Å². The molecule has 0 aromatic heterocycles. The number of hydrogen-bond donors (Lipinski definition) is 3. The molecular formula is C15H21F3N2O2. The summed E-state index contributed by atoms with van der Waals surface area (Å²) in [6, 6.07) is 5.75. The minimum absolute atomic E-state index is 0.0407. The second-order valence-electron chi connectivity index (χ2n) is 4.99. The van der Waals surface area contributed by atoms with E-state index in [4.69, 9.17) is 5.11 Å². The van der Waals surface area contributed by atoms with E-state index in [1.807, 2.05) is 6.92 Å². The number of aliphatic hydroxyl groups excluding tert-OH is 1. The molecule has 2 amide bonds. The smallest absolute Gasteiger partial charge is 0.389 e. The van der Waals surface area contributed by atoms with E-state index in [1.54, 1.807) is 24.3 Å². The molecule has 0 spiro atoms. The number of nitrogens with one attached hydrogen (secondary N) is 2. The Kier molecular flexibility index (Phi) is 7.17. The molecule has 1 aromatic rings. The molecule has 22 heavy (non-hydrogen) atoms. The molecule has 0 radical (unpaired) electrons. The summed E-state index contributed by atoms with van der Waals surface area (Å²) in [5, 5.41) is 14.1. The lowest BCUT2D eigenvalue weighted by Gasteiger charge is -2.17. The standard InChI is InChI=1S/C15H21F3N2O2/c1-2-12(8-10-21)19-14(22)20-13-6-4-3-5-11(13)7-9-15(16,17)18/h3-6,12,21H,2,7-10H2,1H3,(H2,19,20,22). The number of anilines is 1. The van der Waals surface area contributed by atoms with Gasteiger partial charge in [0.1, 0.15) is 0 Å². The lowest BCUT2D eigenvalue weighted by atomic mass is 10.1. The number of carbonyl (C=O) groups is 1. The Hall–Kier alpha value is -1.76. The van der Waals surface area contributed by atoms with Gasteiger partial charge >= 0.3 is 12.2 Å². The number of amides is 2. The number of urea groups is 1. The third kappa shape index (κ3) is 6.80. The first-order valence-electron chi connectivity index (χ1n) is 7.18. The summed E-state index contributed by atoms with van der Waals surface area (Å²) < 4.78 is 36.9. The van der Waals surface area contributed by atoms with E-state index in [0.717, 1.165) is 0 Å². The molecule has 7 heteroatoms. The predicted molar refractivity (Wildman–Crippen MR) is 78.8 cm³/mol. The number of aryl methyl sites for hydroxylation is 1. The van der Waals surface area contributed by atoms with Gasteiger partial charge in [-0.3, -0.25) is 0 Å². The van der Waals surface area contributed by atoms with Crippen LogP contribution >= 0.6 is 0 Å². The molecule has 4 nitrogen and oxygen atoms in total. The van der Waals surface area contributed by atoms with Gasteiger partial charge in [-0.05, 0) is 30.9 Å². The zero-order chi connectivity index (χ0) is 16.6. The molecule has 0 fully saturated rings. The van der Waals surface area contributed by atoms with Crippen molar-refractivity contribution in [3.8, 4) is 0 Å². The lowest BCUT2D eigenvalue weighted by molar-refractivity contribution is -0.133. The van der Waals surface area contributed by atoms with Crippen LogP contribution in [0.15, 0.2) is 24.3 Å². The van der Waals surface area contributed by atoms with Gasteiger partial charge in [-0.15, -0.1) is 0 Å². The maximum absolute atomic E-state index is 12.3. The van der Waals surface area contributed by atoms with Crippen LogP contribution in [-0.2, 0) is 6.42 Å². The fourth-order valence-corrected chi connectivity index (χ4v) is 2.01. The first-order chi connectivity index (χ1) is 10.4. The lowest BCUT2D eigenvalue weighted by Crippen LogP contribution is -2.38. The van der Waals surface area contributed by atoms with Crippen LogP contribution in [0.3, 0.4) is 0 Å². The Balaban J connectivity index is 2.66. The van der Waals surface area contributed by atoms with Crippen LogP contribution in [-0.4, -0.2) is 30.0 Å². The SMILES string of the molecule is CCC(CCO)NC(=O)Nc1ccccc1CCC(F)(F)F. The quantitative estimate of drug-likeness (QED) is 0.721. The number of alkyl halides is 3. The van der Waals surface area contributed by atoms with Crippen molar-refractivity contribution < 1.29 is 23.1 Å². The van der Waals surface area contributed by atoms with Crippen molar-refractivity contribution in [1.29, 1.82) is 0 Å². The van der Waals surface area contributed by atoms with Gasteiger partial charge in [-0.25, -0.2) is 4.79 Å². The Labute approximate surface area is 127 Å². The van der Waals surface area contributed by atoms with Crippen LogP contribution in [0.1, 0.15) is 31.7 Å². The van der Waals surface area contributed by atoms with Crippen molar-refractivity contribution in [3.05, 3.63) is 29.8 Å². The monoisotopic (exact) mass is 318 g/mol. The first-order valence-corrected chi connectivity index (χ1v) is 7.18. The molecule has 0 bridgehead atoms. The largest absolute Gasteiger partial charge is 0.396 e. The normalized spacial score (nSPS) is 12.8. The topological polar surface area (TPSA) is 61.4 Å². The van der Waals surface area contributed by atoms with Crippen LogP contribution in [0, 0.1) is 0 Å². The molecule has 0 saturated carbocycles. The van der Waals surface area contributed by atoms with Gasteiger partial charge in [-0.1, -0.05) is 25.1 Å². The molecular weight excluding hydrogens is 297 g/mol. The fourth-order valence-electron chi connectivity index (χ4n) is 2.01. The number of carbonyl (C=O) groups excluding carboxylic acids is 1. The Morgan fingerprint density at radius 1 is 1.32 bits per heavy atom. The van der Waals surface area contributed by atoms with Crippen molar-refractivity contribution in [3.63, 3.8) is 0 Å². The van der Waals surface area contributed by atoms with Crippen LogP contribution in [0.4, 0.5) is 23.7 Å². The first kappa shape index (κ1) is 18.3. The molecule has 3 N–H and O–H groups in total. The molecule has 1 rings (SSSR count). The van der Waals surface area contributed by atoms with Crippen molar-refractivity contribution in [2.24, 2.45) is 0 Å². The molecule has 1 aromatic carbocycles. The third-order valence-corrected chi connectivity index (χ3v) is 3.25. The molecule has 0 saturated heterocycles. The van der Waals surface area contributed by atoms with Gasteiger partial charge in [0.05, 0.1) is 0 Å². The third-order valence-electron chi connectivity index (χ3n) is 3.25. The summed E-state index contributed by atoms with van der Waals surface area (Å²) in [6.07, 6.45) is -4.27. The highest BCUT2D eigenvalue weighted by Gasteiger charge is 2.27. The Bertz CT molecular complexity index is 478. The highest BCUT2D eigenvalue weighted by Crippen LogP contribution is 2.25. The maximum atomic E-state index is 12.3.